The molecule has 2 aromatic rings. The van der Waals surface area contributed by atoms with Crippen molar-refractivity contribution in [2.75, 3.05) is 37.6 Å². The van der Waals surface area contributed by atoms with E-state index in [1.165, 1.54) is 11.0 Å². The number of anilines is 1. The predicted molar refractivity (Wildman–Crippen MR) is 156 cm³/mol. The van der Waals surface area contributed by atoms with Gasteiger partial charge in [0.1, 0.15) is 6.04 Å². The van der Waals surface area contributed by atoms with Gasteiger partial charge >= 0.3 is 5.97 Å². The molecule has 1 N–H and O–H groups in total. The topological polar surface area (TPSA) is 98.2 Å². The highest BCUT2D eigenvalue weighted by Crippen LogP contribution is 2.51. The van der Waals surface area contributed by atoms with Crippen molar-refractivity contribution in [1.29, 1.82) is 0 Å². The lowest BCUT2D eigenvalue weighted by atomic mass is 9.94. The molecular weight excluding hydrogens is 573 g/mol. The largest absolute Gasteiger partial charge is 0.480 e. The third kappa shape index (κ3) is 5.33. The van der Waals surface area contributed by atoms with E-state index in [9.17, 15) is 23.1 Å². The van der Waals surface area contributed by atoms with Crippen LogP contribution >= 0.6 is 23.2 Å². The summed E-state index contributed by atoms with van der Waals surface area (Å²) < 4.78 is 27.5. The van der Waals surface area contributed by atoms with Gasteiger partial charge in [0.15, 0.2) is 9.84 Å². The molecule has 2 saturated heterocycles. The predicted octanol–water partition coefficient (Wildman–Crippen LogP) is 4.47. The molecule has 1 amide bonds. The number of piperazine rings is 1. The summed E-state index contributed by atoms with van der Waals surface area (Å²) in [5, 5.41) is 9.51. The van der Waals surface area contributed by atoms with Crippen LogP contribution in [0.4, 0.5) is 5.69 Å². The quantitative estimate of drug-likeness (QED) is 0.517. The van der Waals surface area contributed by atoms with Gasteiger partial charge in [-0.05, 0) is 75.9 Å². The summed E-state index contributed by atoms with van der Waals surface area (Å²) in [7, 11) is -4.01. The number of rotatable bonds is 6. The molecule has 0 unspecified atom stereocenters. The molecule has 11 heteroatoms. The van der Waals surface area contributed by atoms with Gasteiger partial charge in [0, 0.05) is 49.0 Å². The van der Waals surface area contributed by atoms with E-state index in [1.54, 1.807) is 36.4 Å². The molecule has 0 spiro atoms. The highest BCUT2D eigenvalue weighted by molar-refractivity contribution is 7.92. The third-order valence-electron chi connectivity index (χ3n) is 8.62. The minimum Gasteiger partial charge on any atom is -0.480 e. The van der Waals surface area contributed by atoms with Gasteiger partial charge in [0.2, 0.25) is 5.91 Å². The first kappa shape index (κ1) is 29.2. The summed E-state index contributed by atoms with van der Waals surface area (Å²) in [6, 6.07) is 10.7. The van der Waals surface area contributed by atoms with E-state index >= 15 is 0 Å². The number of benzene rings is 2. The van der Waals surface area contributed by atoms with E-state index in [4.69, 9.17) is 23.2 Å². The number of hydrogen-bond donors (Lipinski definition) is 1. The molecular formula is C29H35Cl2N3O5S. The zero-order valence-electron chi connectivity index (χ0n) is 22.9. The van der Waals surface area contributed by atoms with Crippen LogP contribution in [-0.2, 0) is 24.8 Å². The lowest BCUT2D eigenvalue weighted by Gasteiger charge is -2.43. The van der Waals surface area contributed by atoms with E-state index in [1.807, 2.05) is 0 Å². The van der Waals surface area contributed by atoms with Crippen LogP contribution in [0.5, 0.6) is 0 Å². The number of hydrogen-bond acceptors (Lipinski definition) is 6. The first-order valence-corrected chi connectivity index (χ1v) is 15.9. The van der Waals surface area contributed by atoms with Gasteiger partial charge < -0.3 is 14.9 Å². The molecule has 2 atom stereocenters. The SMILES string of the molecule is CC(C)(C)N1CCN(c2ccc(S(=O)(=O)[C@@H]3C[C@@H](C(=O)O)N(C(=O)C4(c5ccc(Cl)cc5)CC4)C3)c(Cl)c2)CC1. The second kappa shape index (κ2) is 10.5. The van der Waals surface area contributed by atoms with E-state index in [-0.39, 0.29) is 34.3 Å². The molecule has 5 rings (SSSR count). The Kier molecular flexibility index (Phi) is 7.66. The third-order valence-corrected chi connectivity index (χ3v) is 11.5. The average molecular weight is 609 g/mol. The number of amides is 1. The number of nitrogens with zero attached hydrogens (tertiary/aromatic N) is 3. The number of carbonyl (C=O) groups is 2. The Labute approximate surface area is 245 Å². The second-order valence-electron chi connectivity index (χ2n) is 12.1. The number of aliphatic carboxylic acids is 1. The Morgan fingerprint density at radius 3 is 2.12 bits per heavy atom. The molecule has 2 aromatic carbocycles. The van der Waals surface area contributed by atoms with Crippen molar-refractivity contribution >= 4 is 50.6 Å². The Morgan fingerprint density at radius 1 is 0.975 bits per heavy atom. The Balaban J connectivity index is 1.35. The molecule has 0 bridgehead atoms. The molecule has 0 radical (unpaired) electrons. The lowest BCUT2D eigenvalue weighted by Crippen LogP contribution is -2.53. The van der Waals surface area contributed by atoms with E-state index < -0.39 is 32.5 Å². The van der Waals surface area contributed by atoms with Gasteiger partial charge in [-0.3, -0.25) is 9.69 Å². The number of carboxylic acids is 1. The van der Waals surface area contributed by atoms with Gasteiger partial charge in [0.05, 0.1) is 20.6 Å². The van der Waals surface area contributed by atoms with Crippen LogP contribution in [0.3, 0.4) is 0 Å². The van der Waals surface area contributed by atoms with Crippen molar-refractivity contribution < 1.29 is 23.1 Å². The number of likely N-dealkylation sites (tertiary alicyclic amines) is 1. The number of sulfone groups is 1. The highest BCUT2D eigenvalue weighted by Gasteiger charge is 2.57. The molecule has 216 valence electrons. The fourth-order valence-electron chi connectivity index (χ4n) is 6.01. The molecule has 1 aliphatic carbocycles. The van der Waals surface area contributed by atoms with Gasteiger partial charge in [-0.15, -0.1) is 0 Å². The molecule has 8 nitrogen and oxygen atoms in total. The summed E-state index contributed by atoms with van der Waals surface area (Å²) in [6.45, 7) is 9.75. The van der Waals surface area contributed by atoms with Crippen LogP contribution in [-0.4, -0.2) is 84.8 Å². The van der Waals surface area contributed by atoms with Crippen LogP contribution in [0.1, 0.15) is 45.6 Å². The van der Waals surface area contributed by atoms with Crippen LogP contribution in [0.2, 0.25) is 10.0 Å². The number of halogens is 2. The maximum Gasteiger partial charge on any atom is 0.326 e. The van der Waals surface area contributed by atoms with Gasteiger partial charge in [0.25, 0.3) is 0 Å². The Morgan fingerprint density at radius 2 is 1.60 bits per heavy atom. The van der Waals surface area contributed by atoms with Gasteiger partial charge in [-0.25, -0.2) is 13.2 Å². The monoisotopic (exact) mass is 607 g/mol. The van der Waals surface area contributed by atoms with Gasteiger partial charge in [-0.1, -0.05) is 35.3 Å². The second-order valence-corrected chi connectivity index (χ2v) is 15.1. The van der Waals surface area contributed by atoms with Crippen LogP contribution < -0.4 is 4.90 Å². The fourth-order valence-corrected chi connectivity index (χ4v) is 8.37. The zero-order chi connectivity index (χ0) is 29.0. The molecule has 3 aliphatic rings. The highest BCUT2D eigenvalue weighted by atomic mass is 35.5. The zero-order valence-corrected chi connectivity index (χ0v) is 25.3. The summed E-state index contributed by atoms with van der Waals surface area (Å²) >= 11 is 12.6. The first-order chi connectivity index (χ1) is 18.7. The fraction of sp³-hybridized carbons (Fsp3) is 0.517. The Bertz CT molecular complexity index is 1410. The summed E-state index contributed by atoms with van der Waals surface area (Å²) in [6.07, 6.45) is 0.961. The number of carboxylic acid groups (broad SMARTS) is 1. The van der Waals surface area contributed by atoms with Crippen molar-refractivity contribution in [2.24, 2.45) is 0 Å². The minimum absolute atomic E-state index is 0.0338. The van der Waals surface area contributed by atoms with Crippen LogP contribution in [0, 0.1) is 0 Å². The molecule has 40 heavy (non-hydrogen) atoms. The smallest absolute Gasteiger partial charge is 0.326 e. The van der Waals surface area contributed by atoms with E-state index in [0.717, 1.165) is 37.4 Å². The maximum absolute atomic E-state index is 13.8. The maximum atomic E-state index is 13.8. The summed E-state index contributed by atoms with van der Waals surface area (Å²) in [5.41, 5.74) is 0.856. The molecule has 0 aromatic heterocycles. The normalized spacial score (nSPS) is 23.3. The van der Waals surface area contributed by atoms with Crippen molar-refractivity contribution in [2.45, 2.75) is 67.2 Å². The van der Waals surface area contributed by atoms with E-state index in [0.29, 0.717) is 17.9 Å². The minimum atomic E-state index is -4.01. The molecule has 2 aliphatic heterocycles. The van der Waals surface area contributed by atoms with Crippen molar-refractivity contribution in [3.63, 3.8) is 0 Å². The van der Waals surface area contributed by atoms with Crippen LogP contribution in [0.25, 0.3) is 0 Å². The standard InChI is InChI=1S/C29H35Cl2N3O5S/c1-28(2,3)33-14-12-32(13-15-33)21-8-9-25(23(31)16-21)40(38,39)22-17-24(26(35)36)34(18-22)27(37)29(10-11-29)19-4-6-20(30)7-5-19/h4-9,16,22,24H,10-15,17-18H2,1-3H3,(H,35,36)/t22-,24+/m1/s1. The van der Waals surface area contributed by atoms with Gasteiger partial charge in [-0.2, -0.15) is 0 Å². The van der Waals surface area contributed by atoms with Crippen LogP contribution in [0.15, 0.2) is 47.4 Å². The Hall–Kier alpha value is -2.33. The number of carbonyl (C=O) groups excluding carboxylic acids is 1. The average Bonchev–Trinajstić information content (AvgIpc) is 3.58. The van der Waals surface area contributed by atoms with Crippen molar-refractivity contribution in [3.05, 3.63) is 58.1 Å². The summed E-state index contributed by atoms with van der Waals surface area (Å²) in [4.78, 5) is 31.7. The van der Waals surface area contributed by atoms with Crippen molar-refractivity contribution in [1.82, 2.24) is 9.80 Å². The first-order valence-electron chi connectivity index (χ1n) is 13.6. The molecule has 1 saturated carbocycles. The lowest BCUT2D eigenvalue weighted by molar-refractivity contribution is -0.149. The summed E-state index contributed by atoms with van der Waals surface area (Å²) in [5.74, 6) is -1.57. The molecule has 2 heterocycles. The molecule has 3 fully saturated rings. The van der Waals surface area contributed by atoms with E-state index in [2.05, 4.69) is 30.6 Å². The van der Waals surface area contributed by atoms with Crippen molar-refractivity contribution in [3.8, 4) is 0 Å².